The lowest BCUT2D eigenvalue weighted by atomic mass is 10.0. The molecule has 0 fully saturated rings. The maximum absolute atomic E-state index is 12.8. The van der Waals surface area contributed by atoms with Crippen molar-refractivity contribution in [3.05, 3.63) is 109 Å². The summed E-state index contributed by atoms with van der Waals surface area (Å²) >= 11 is 0. The van der Waals surface area contributed by atoms with Crippen LogP contribution in [0.1, 0.15) is 187 Å². The molecule has 0 radical (unpaired) electrons. The average Bonchev–Trinajstić information content (AvgIpc) is 3.26. The molecule has 0 aromatic heterocycles. The molecular weight excluding hydrogens is 828 g/mol. The number of nitrogens with zero attached hydrogens (tertiary/aromatic N) is 1. The molecule has 3 unspecified atom stereocenters. The quantitative estimate of drug-likeness (QED) is 0.0243. The number of amides is 1. The van der Waals surface area contributed by atoms with E-state index < -0.39 is 20.0 Å². The fourth-order valence-corrected chi connectivity index (χ4v) is 7.42. The number of phosphoric ester groups is 1. The van der Waals surface area contributed by atoms with E-state index in [4.69, 9.17) is 9.05 Å². The second-order valence-corrected chi connectivity index (χ2v) is 19.6. The number of hydrogen-bond donors (Lipinski definition) is 3. The molecule has 0 aromatic carbocycles. The van der Waals surface area contributed by atoms with E-state index in [1.54, 1.807) is 6.08 Å². The van der Waals surface area contributed by atoms with Crippen molar-refractivity contribution in [2.45, 2.75) is 199 Å². The van der Waals surface area contributed by atoms with Gasteiger partial charge in [0.25, 0.3) is 0 Å². The number of unbranched alkanes of at least 4 members (excludes halogenated alkanes) is 16. The third-order valence-corrected chi connectivity index (χ3v) is 11.7. The summed E-state index contributed by atoms with van der Waals surface area (Å²) in [5, 5.41) is 13.6. The van der Waals surface area contributed by atoms with Crippen molar-refractivity contribution < 1.29 is 32.9 Å². The standard InChI is InChI=1S/C56H97N2O6P/c1-6-8-10-12-13-14-15-16-17-18-19-20-21-22-23-24-25-26-27-28-29-30-31-32-33-34-35-36-37-38-39-40-41-42-43-44-45-46-48-50-56(60)57-54(55(59)49-47-11-9-7-2)53-64-65(61,62)63-52-51-58(3,4)5/h8,10,13-14,16-17,19-20,22-23,25-26,28-29,31-32,47,49,54-55,59H,6-7,9,11-12,15,18,21,24,27,30,33-46,48,50-53H2,1-5H3,(H-,57,60,61,62)/p+1/b10-8-,14-13-,17-16-,20-19-,23-22-,26-25-,29-28-,32-31-,49-47+. The molecule has 0 spiro atoms. The normalized spacial score (nSPS) is 15.0. The fraction of sp³-hybridized carbons (Fsp3) is 0.661. The minimum Gasteiger partial charge on any atom is -0.387 e. The zero-order valence-corrected chi connectivity index (χ0v) is 43.1. The van der Waals surface area contributed by atoms with Crippen molar-refractivity contribution in [2.24, 2.45) is 0 Å². The van der Waals surface area contributed by atoms with Crippen LogP contribution < -0.4 is 5.32 Å². The van der Waals surface area contributed by atoms with Crippen LogP contribution in [0, 0.1) is 0 Å². The number of carbonyl (C=O) groups is 1. The Balaban J connectivity index is 3.82. The van der Waals surface area contributed by atoms with Crippen molar-refractivity contribution in [3.63, 3.8) is 0 Å². The molecule has 1 amide bonds. The maximum atomic E-state index is 12.8. The number of quaternary nitrogens is 1. The van der Waals surface area contributed by atoms with E-state index in [9.17, 15) is 19.4 Å². The number of likely N-dealkylation sites (N-methyl/N-ethyl adjacent to an activating group) is 1. The minimum atomic E-state index is -4.32. The van der Waals surface area contributed by atoms with Crippen LogP contribution in [0.3, 0.4) is 0 Å². The van der Waals surface area contributed by atoms with Gasteiger partial charge in [0.1, 0.15) is 13.2 Å². The van der Waals surface area contributed by atoms with Gasteiger partial charge in [0, 0.05) is 6.42 Å². The molecule has 9 heteroatoms. The topological polar surface area (TPSA) is 105 Å². The Morgan fingerprint density at radius 1 is 0.538 bits per heavy atom. The summed E-state index contributed by atoms with van der Waals surface area (Å²) in [7, 11) is 1.55. The van der Waals surface area contributed by atoms with Gasteiger partial charge in [-0.15, -0.1) is 0 Å². The fourth-order valence-electron chi connectivity index (χ4n) is 6.69. The van der Waals surface area contributed by atoms with E-state index in [0.717, 1.165) is 89.9 Å². The van der Waals surface area contributed by atoms with Crippen molar-refractivity contribution >= 4 is 13.7 Å². The summed E-state index contributed by atoms with van der Waals surface area (Å²) in [6, 6.07) is -0.847. The monoisotopic (exact) mass is 926 g/mol. The first-order valence-corrected chi connectivity index (χ1v) is 27.3. The van der Waals surface area contributed by atoms with E-state index in [-0.39, 0.29) is 19.1 Å². The molecule has 0 aromatic rings. The molecule has 0 aliphatic heterocycles. The second-order valence-electron chi connectivity index (χ2n) is 18.2. The first-order chi connectivity index (χ1) is 31.5. The van der Waals surface area contributed by atoms with Gasteiger partial charge in [0.15, 0.2) is 0 Å². The van der Waals surface area contributed by atoms with Crippen molar-refractivity contribution in [3.8, 4) is 0 Å². The van der Waals surface area contributed by atoms with Crippen molar-refractivity contribution in [1.82, 2.24) is 5.32 Å². The van der Waals surface area contributed by atoms with Crippen LogP contribution in [0.4, 0.5) is 0 Å². The lowest BCUT2D eigenvalue weighted by Crippen LogP contribution is -2.45. The number of hydrogen-bond acceptors (Lipinski definition) is 5. The maximum Gasteiger partial charge on any atom is 0.472 e. The molecule has 372 valence electrons. The minimum absolute atomic E-state index is 0.0561. The summed E-state index contributed by atoms with van der Waals surface area (Å²) in [5.41, 5.74) is 0. The Kier molecular flexibility index (Phi) is 44.3. The van der Waals surface area contributed by atoms with Crippen molar-refractivity contribution in [2.75, 3.05) is 40.9 Å². The van der Waals surface area contributed by atoms with Crippen LogP contribution in [0.5, 0.6) is 0 Å². The molecule has 8 nitrogen and oxygen atoms in total. The first kappa shape index (κ1) is 62.2. The average molecular weight is 926 g/mol. The van der Waals surface area contributed by atoms with Crippen LogP contribution in [0.25, 0.3) is 0 Å². The first-order valence-electron chi connectivity index (χ1n) is 25.8. The van der Waals surface area contributed by atoms with E-state index >= 15 is 0 Å². The molecule has 0 heterocycles. The highest BCUT2D eigenvalue weighted by Crippen LogP contribution is 2.43. The number of nitrogens with one attached hydrogen (secondary N) is 1. The van der Waals surface area contributed by atoms with Crippen LogP contribution in [0.15, 0.2) is 109 Å². The molecule has 0 saturated carbocycles. The van der Waals surface area contributed by atoms with E-state index in [0.29, 0.717) is 17.4 Å². The Morgan fingerprint density at radius 2 is 0.923 bits per heavy atom. The van der Waals surface area contributed by atoms with Gasteiger partial charge < -0.3 is 19.8 Å². The van der Waals surface area contributed by atoms with Gasteiger partial charge >= 0.3 is 7.82 Å². The van der Waals surface area contributed by atoms with Crippen LogP contribution in [-0.4, -0.2) is 73.4 Å². The summed E-state index contributed by atoms with van der Waals surface area (Å²) < 4.78 is 23.3. The van der Waals surface area contributed by atoms with Gasteiger partial charge in [-0.05, 0) is 77.0 Å². The Hall–Kier alpha value is -2.84. The third kappa shape index (κ3) is 48.9. The van der Waals surface area contributed by atoms with Crippen LogP contribution in [-0.2, 0) is 18.4 Å². The van der Waals surface area contributed by atoms with Crippen LogP contribution >= 0.6 is 7.82 Å². The largest absolute Gasteiger partial charge is 0.472 e. The summed E-state index contributed by atoms with van der Waals surface area (Å²) in [4.78, 5) is 22.9. The van der Waals surface area contributed by atoms with E-state index in [1.165, 1.54) is 77.0 Å². The molecule has 3 N–H and O–H groups in total. The zero-order valence-electron chi connectivity index (χ0n) is 42.2. The predicted octanol–water partition coefficient (Wildman–Crippen LogP) is 15.3. The van der Waals surface area contributed by atoms with Crippen molar-refractivity contribution in [1.29, 1.82) is 0 Å². The van der Waals surface area contributed by atoms with Gasteiger partial charge in [-0.25, -0.2) is 4.57 Å². The highest BCUT2D eigenvalue weighted by molar-refractivity contribution is 7.47. The highest BCUT2D eigenvalue weighted by Gasteiger charge is 2.27. The molecule has 0 bridgehead atoms. The Labute approximate surface area is 400 Å². The van der Waals surface area contributed by atoms with Gasteiger partial charge in [-0.2, -0.15) is 0 Å². The van der Waals surface area contributed by atoms with Gasteiger partial charge in [-0.1, -0.05) is 213 Å². The van der Waals surface area contributed by atoms with Gasteiger partial charge in [-0.3, -0.25) is 13.8 Å². The number of rotatable bonds is 45. The third-order valence-electron chi connectivity index (χ3n) is 10.7. The smallest absolute Gasteiger partial charge is 0.387 e. The van der Waals surface area contributed by atoms with Crippen LogP contribution in [0.2, 0.25) is 0 Å². The number of carbonyl (C=O) groups excluding carboxylic acids is 1. The lowest BCUT2D eigenvalue weighted by Gasteiger charge is -2.25. The summed E-state index contributed by atoms with van der Waals surface area (Å²) in [5.74, 6) is -0.192. The molecule has 0 saturated heterocycles. The molecule has 0 rings (SSSR count). The van der Waals surface area contributed by atoms with Gasteiger partial charge in [0.2, 0.25) is 5.91 Å². The summed E-state index contributed by atoms with van der Waals surface area (Å²) in [6.45, 7) is 4.52. The molecule has 0 aliphatic rings. The lowest BCUT2D eigenvalue weighted by molar-refractivity contribution is -0.870. The number of allylic oxidation sites excluding steroid dienone is 17. The zero-order chi connectivity index (χ0) is 47.8. The highest BCUT2D eigenvalue weighted by atomic mass is 31.2. The summed E-state index contributed by atoms with van der Waals surface area (Å²) in [6.07, 6.45) is 68.3. The molecular formula is C56H98N2O6P+. The molecule has 0 aliphatic carbocycles. The number of aliphatic hydroxyl groups excluding tert-OH is 1. The predicted molar refractivity (Wildman–Crippen MR) is 281 cm³/mol. The van der Waals surface area contributed by atoms with E-state index in [2.05, 4.69) is 116 Å². The van der Waals surface area contributed by atoms with E-state index in [1.807, 2.05) is 27.2 Å². The second kappa shape index (κ2) is 46.3. The molecule has 3 atom stereocenters. The number of aliphatic hydroxyl groups is 1. The molecule has 65 heavy (non-hydrogen) atoms. The SMILES string of the molecule is CC/C=C\C/C=C\C/C=C\C/C=C\C/C=C\C/C=C\C/C=C\C/C=C\CCCCCCCCCCCCCCCCC(=O)NC(COP(=O)(O)OCC[N+](C)(C)C)C(O)/C=C/CCCC. The Bertz CT molecular complexity index is 1420. The van der Waals surface area contributed by atoms with Gasteiger partial charge in [0.05, 0.1) is 39.9 Å². The number of phosphoric acid groups is 1. The Morgan fingerprint density at radius 3 is 1.34 bits per heavy atom.